The second-order valence-corrected chi connectivity index (χ2v) is 6.50. The highest BCUT2D eigenvalue weighted by Crippen LogP contribution is 2.37. The smallest absolute Gasteiger partial charge is 0.261 e. The first-order valence-corrected chi connectivity index (χ1v) is 8.71. The van der Waals surface area contributed by atoms with Crippen LogP contribution < -0.4 is 5.43 Å². The van der Waals surface area contributed by atoms with E-state index in [1.165, 1.54) is 12.1 Å². The topological polar surface area (TPSA) is 124 Å². The van der Waals surface area contributed by atoms with Crippen molar-refractivity contribution in [3.63, 3.8) is 0 Å². The summed E-state index contributed by atoms with van der Waals surface area (Å²) < 4.78 is 0. The van der Waals surface area contributed by atoms with E-state index in [-0.39, 0.29) is 17.3 Å². The highest BCUT2D eigenvalue weighted by Gasteiger charge is 2.30. The van der Waals surface area contributed by atoms with Crippen LogP contribution in [-0.2, 0) is 0 Å². The summed E-state index contributed by atoms with van der Waals surface area (Å²) in [5.41, 5.74) is 3.47. The molecule has 3 rings (SSSR count). The molecule has 0 bridgehead atoms. The number of aromatic nitrogens is 1. The number of hydrogen-bond acceptors (Lipinski definition) is 7. The average molecular weight is 390 g/mol. The van der Waals surface area contributed by atoms with E-state index in [2.05, 4.69) is 15.5 Å². The molecule has 1 aliphatic rings. The quantitative estimate of drug-likeness (QED) is 0.450. The number of hydrazone groups is 1. The fourth-order valence-electron chi connectivity index (χ4n) is 3.16. The lowest BCUT2D eigenvalue weighted by Crippen LogP contribution is -2.20. The van der Waals surface area contributed by atoms with E-state index in [0.717, 1.165) is 24.6 Å². The Hall–Kier alpha value is -3.07. The average Bonchev–Trinajstić information content (AvgIpc) is 2.66. The van der Waals surface area contributed by atoms with Gasteiger partial charge in [0.2, 0.25) is 0 Å². The molecule has 27 heavy (non-hydrogen) atoms. The number of pyridine rings is 1. The first kappa shape index (κ1) is 18.7. The van der Waals surface area contributed by atoms with Crippen molar-refractivity contribution in [3.8, 4) is 0 Å². The summed E-state index contributed by atoms with van der Waals surface area (Å²) in [5, 5.41) is 27.1. The standard InChI is InChI=1S/C17H16ClN5O4/c18-16-6-3-7-17(19-16)21-20-14-5-2-1-4-12(14)13-9-8-11(22(24)25)10-15(13)23(26)27/h3,6-10,12H,1-2,4-5H2,(H,19,21)/b20-14+/t12-/m1/s1. The summed E-state index contributed by atoms with van der Waals surface area (Å²) in [7, 11) is 0. The number of nitrogens with zero attached hydrogens (tertiary/aromatic N) is 4. The molecule has 140 valence electrons. The van der Waals surface area contributed by atoms with Gasteiger partial charge >= 0.3 is 0 Å². The van der Waals surface area contributed by atoms with Crippen LogP contribution in [0.25, 0.3) is 0 Å². The van der Waals surface area contributed by atoms with Gasteiger partial charge in [-0.3, -0.25) is 25.7 Å². The number of nitro groups is 2. The minimum atomic E-state index is -0.640. The lowest BCUT2D eigenvalue weighted by Gasteiger charge is -2.24. The third-order valence-corrected chi connectivity index (χ3v) is 4.61. The zero-order valence-electron chi connectivity index (χ0n) is 14.2. The maximum Gasteiger partial charge on any atom is 0.280 e. The number of rotatable bonds is 5. The Morgan fingerprint density at radius 3 is 2.67 bits per heavy atom. The number of nitrogens with one attached hydrogen (secondary N) is 1. The van der Waals surface area contributed by atoms with Crippen molar-refractivity contribution in [1.29, 1.82) is 0 Å². The molecule has 0 amide bonds. The van der Waals surface area contributed by atoms with E-state index in [4.69, 9.17) is 11.6 Å². The molecule has 1 aromatic heterocycles. The van der Waals surface area contributed by atoms with Crippen LogP contribution in [0.15, 0.2) is 41.5 Å². The van der Waals surface area contributed by atoms with Gasteiger partial charge in [0.1, 0.15) is 11.0 Å². The molecule has 9 nitrogen and oxygen atoms in total. The molecule has 0 unspecified atom stereocenters. The number of anilines is 1. The highest BCUT2D eigenvalue weighted by atomic mass is 35.5. The lowest BCUT2D eigenvalue weighted by molar-refractivity contribution is -0.394. The van der Waals surface area contributed by atoms with Crippen molar-refractivity contribution in [2.75, 3.05) is 5.43 Å². The Morgan fingerprint density at radius 2 is 1.96 bits per heavy atom. The second-order valence-electron chi connectivity index (χ2n) is 6.12. The summed E-state index contributed by atoms with van der Waals surface area (Å²) in [6.45, 7) is 0. The first-order valence-electron chi connectivity index (χ1n) is 8.33. The summed E-state index contributed by atoms with van der Waals surface area (Å²) in [4.78, 5) is 25.3. The molecule has 1 fully saturated rings. The summed E-state index contributed by atoms with van der Waals surface area (Å²) >= 11 is 5.86. The molecule has 1 saturated carbocycles. The minimum absolute atomic E-state index is 0.260. The molecule has 1 N–H and O–H groups in total. The van der Waals surface area contributed by atoms with Gasteiger partial charge in [0.05, 0.1) is 15.9 Å². The van der Waals surface area contributed by atoms with E-state index in [1.807, 2.05) is 0 Å². The van der Waals surface area contributed by atoms with E-state index < -0.39 is 9.85 Å². The van der Waals surface area contributed by atoms with Crippen LogP contribution in [0.5, 0.6) is 0 Å². The molecule has 1 atom stereocenters. The van der Waals surface area contributed by atoms with Crippen molar-refractivity contribution in [1.82, 2.24) is 4.98 Å². The molecule has 10 heteroatoms. The van der Waals surface area contributed by atoms with Crippen molar-refractivity contribution < 1.29 is 9.85 Å². The second kappa shape index (κ2) is 8.09. The van der Waals surface area contributed by atoms with Gasteiger partial charge in [-0.25, -0.2) is 4.98 Å². The number of non-ortho nitro benzene ring substituents is 1. The van der Waals surface area contributed by atoms with Crippen LogP contribution in [0.2, 0.25) is 5.15 Å². The molecular weight excluding hydrogens is 374 g/mol. The molecule has 1 aromatic carbocycles. The van der Waals surface area contributed by atoms with Crippen LogP contribution in [-0.4, -0.2) is 20.5 Å². The maximum atomic E-state index is 11.5. The van der Waals surface area contributed by atoms with E-state index in [1.54, 1.807) is 18.2 Å². The van der Waals surface area contributed by atoms with Crippen LogP contribution in [0, 0.1) is 20.2 Å². The van der Waals surface area contributed by atoms with E-state index >= 15 is 0 Å². The molecule has 0 aliphatic heterocycles. The normalized spacial score (nSPS) is 18.3. The van der Waals surface area contributed by atoms with Crippen molar-refractivity contribution in [3.05, 3.63) is 67.3 Å². The molecule has 2 aromatic rings. The fourth-order valence-corrected chi connectivity index (χ4v) is 3.33. The molecule has 0 spiro atoms. The van der Waals surface area contributed by atoms with E-state index in [0.29, 0.717) is 29.4 Å². The molecule has 0 radical (unpaired) electrons. The molecule has 1 heterocycles. The number of halogens is 1. The summed E-state index contributed by atoms with van der Waals surface area (Å²) in [6, 6.07) is 8.84. The molecule has 0 saturated heterocycles. The highest BCUT2D eigenvalue weighted by molar-refractivity contribution is 6.29. The van der Waals surface area contributed by atoms with Gasteiger partial charge in [0.15, 0.2) is 0 Å². The third kappa shape index (κ3) is 4.37. The van der Waals surface area contributed by atoms with Crippen molar-refractivity contribution >= 4 is 34.5 Å². The summed E-state index contributed by atoms with van der Waals surface area (Å²) in [6.07, 6.45) is 3.17. The predicted octanol–water partition coefficient (Wildman–Crippen LogP) is 4.68. The Balaban J connectivity index is 1.94. The lowest BCUT2D eigenvalue weighted by atomic mass is 9.81. The predicted molar refractivity (Wildman–Crippen MR) is 101 cm³/mol. The monoisotopic (exact) mass is 389 g/mol. The van der Waals surface area contributed by atoms with Crippen LogP contribution in [0.1, 0.15) is 37.2 Å². The summed E-state index contributed by atoms with van der Waals surface area (Å²) in [5.74, 6) is 0.184. The van der Waals surface area contributed by atoms with Crippen molar-refractivity contribution in [2.45, 2.75) is 31.6 Å². The van der Waals surface area contributed by atoms with Gasteiger partial charge in [-0.05, 0) is 37.5 Å². The van der Waals surface area contributed by atoms with Gasteiger partial charge < -0.3 is 0 Å². The van der Waals surface area contributed by atoms with Crippen LogP contribution >= 0.6 is 11.6 Å². The Bertz CT molecular complexity index is 918. The van der Waals surface area contributed by atoms with Gasteiger partial charge in [0.25, 0.3) is 11.4 Å². The zero-order valence-corrected chi connectivity index (χ0v) is 14.9. The Labute approximate surface area is 159 Å². The minimum Gasteiger partial charge on any atom is -0.261 e. The van der Waals surface area contributed by atoms with Gasteiger partial charge in [-0.15, -0.1) is 0 Å². The maximum absolute atomic E-state index is 11.5. The zero-order chi connectivity index (χ0) is 19.4. The van der Waals surface area contributed by atoms with Crippen LogP contribution in [0.4, 0.5) is 17.2 Å². The Kier molecular flexibility index (Phi) is 5.60. The Morgan fingerprint density at radius 1 is 1.15 bits per heavy atom. The van der Waals surface area contributed by atoms with Gasteiger partial charge in [-0.2, -0.15) is 5.10 Å². The van der Waals surface area contributed by atoms with E-state index in [9.17, 15) is 20.2 Å². The number of hydrogen-bond donors (Lipinski definition) is 1. The fraction of sp³-hybridized carbons (Fsp3) is 0.294. The van der Waals surface area contributed by atoms with Crippen molar-refractivity contribution in [2.24, 2.45) is 5.10 Å². The molecule has 1 aliphatic carbocycles. The third-order valence-electron chi connectivity index (χ3n) is 4.40. The van der Waals surface area contributed by atoms with Gasteiger partial charge in [-0.1, -0.05) is 24.1 Å². The van der Waals surface area contributed by atoms with Gasteiger partial charge in [0, 0.05) is 23.3 Å². The number of nitro benzene ring substituents is 2. The number of benzene rings is 1. The largest absolute Gasteiger partial charge is 0.280 e. The SMILES string of the molecule is O=[N+]([O-])c1ccc([C@H]2CCCC/C2=N\Nc2cccc(Cl)n2)c([N+](=O)[O-])c1. The first-order chi connectivity index (χ1) is 13.0. The van der Waals surface area contributed by atoms with Crippen LogP contribution in [0.3, 0.4) is 0 Å². The molecular formula is C17H16ClN5O4.